The van der Waals surface area contributed by atoms with Crippen molar-refractivity contribution in [2.75, 3.05) is 40.9 Å². The zero-order valence-electron chi connectivity index (χ0n) is 34.1. The largest absolute Gasteiger partial charge is 0.467 e. The van der Waals surface area contributed by atoms with Crippen LogP contribution in [-0.4, -0.2) is 95.7 Å². The minimum atomic E-state index is -0.745. The van der Waals surface area contributed by atoms with Crippen LogP contribution in [0.25, 0.3) is 33.4 Å². The fraction of sp³-hybridized carbons (Fsp3) is 0.558. The number of nitrogens with one attached hydrogen (secondary N) is 2. The van der Waals surface area contributed by atoms with Crippen molar-refractivity contribution in [2.45, 2.75) is 104 Å². The number of carbonyl (C=O) groups is 3. The van der Waals surface area contributed by atoms with Gasteiger partial charge in [0.1, 0.15) is 6.04 Å². The van der Waals surface area contributed by atoms with Crippen molar-refractivity contribution in [3.8, 4) is 22.5 Å². The molecular formula is C43H59N7O5S. The van der Waals surface area contributed by atoms with Crippen LogP contribution >= 0.6 is 11.3 Å². The molecular weight excluding hydrogens is 727 g/mol. The van der Waals surface area contributed by atoms with Gasteiger partial charge >= 0.3 is 0 Å². The Balaban J connectivity index is 1.37. The van der Waals surface area contributed by atoms with Crippen LogP contribution in [0.1, 0.15) is 88.6 Å². The van der Waals surface area contributed by atoms with E-state index in [1.54, 1.807) is 18.3 Å². The number of rotatable bonds is 17. The van der Waals surface area contributed by atoms with Crippen molar-refractivity contribution < 1.29 is 23.9 Å². The van der Waals surface area contributed by atoms with Crippen molar-refractivity contribution >= 4 is 40.5 Å². The van der Waals surface area contributed by atoms with Gasteiger partial charge in [-0.25, -0.2) is 10.4 Å². The summed E-state index contributed by atoms with van der Waals surface area (Å²) in [5, 5.41) is 8.78. The summed E-state index contributed by atoms with van der Waals surface area (Å²) in [6.07, 6.45) is 8.76. The van der Waals surface area contributed by atoms with Gasteiger partial charge in [-0.2, -0.15) is 0 Å². The van der Waals surface area contributed by atoms with E-state index in [4.69, 9.17) is 19.4 Å². The molecule has 56 heavy (non-hydrogen) atoms. The van der Waals surface area contributed by atoms with Crippen molar-refractivity contribution in [3.63, 3.8) is 0 Å². The molecule has 0 spiro atoms. The molecule has 1 aliphatic carbocycles. The highest BCUT2D eigenvalue weighted by atomic mass is 32.1. The number of nitrogens with zero attached hydrogens (tertiary/aromatic N) is 5. The number of fused-ring (bicyclic) bond motifs is 1. The molecule has 12 nitrogen and oxygen atoms in total. The SMILES string of the molecule is CCn1c(-c2cccnc2C(C)OC)c(CC(C)(C)COC=O)c2cc(-c3csc(CC(NC(=O)C(C4CCCC4)N(C)C)C(=O)N4CCCCN4)n3)ccc21. The highest BCUT2D eigenvalue weighted by molar-refractivity contribution is 7.10. The maximum Gasteiger partial charge on any atom is 0.293 e. The van der Waals surface area contributed by atoms with Crippen LogP contribution in [0.15, 0.2) is 41.9 Å². The molecule has 2 amide bonds. The Bertz CT molecular complexity index is 1980. The molecule has 4 heterocycles. The number of benzene rings is 1. The van der Waals surface area contributed by atoms with Crippen molar-refractivity contribution in [3.05, 3.63) is 58.2 Å². The van der Waals surface area contributed by atoms with Gasteiger partial charge in [0.15, 0.2) is 0 Å². The number of ether oxygens (including phenoxy) is 2. The molecule has 3 unspecified atom stereocenters. The molecule has 4 aromatic rings. The zero-order valence-corrected chi connectivity index (χ0v) is 34.9. The Labute approximate surface area is 335 Å². The summed E-state index contributed by atoms with van der Waals surface area (Å²) in [4.78, 5) is 51.1. The molecule has 2 fully saturated rings. The monoisotopic (exact) mass is 785 g/mol. The van der Waals surface area contributed by atoms with Crippen molar-refractivity contribution in [2.24, 2.45) is 11.3 Å². The summed E-state index contributed by atoms with van der Waals surface area (Å²) < 4.78 is 13.4. The van der Waals surface area contributed by atoms with Gasteiger partial charge in [0.05, 0.1) is 40.8 Å². The van der Waals surface area contributed by atoms with Gasteiger partial charge in [-0.3, -0.25) is 29.3 Å². The smallest absolute Gasteiger partial charge is 0.293 e. The number of likely N-dealkylation sites (N-methyl/N-ethyl adjacent to an activating group) is 1. The molecule has 6 rings (SSSR count). The first-order chi connectivity index (χ1) is 27.0. The van der Waals surface area contributed by atoms with Crippen LogP contribution in [0, 0.1) is 11.3 Å². The molecule has 0 radical (unpaired) electrons. The summed E-state index contributed by atoms with van der Waals surface area (Å²) in [5.41, 5.74) is 9.81. The minimum absolute atomic E-state index is 0.0959. The lowest BCUT2D eigenvalue weighted by Gasteiger charge is -2.33. The first kappa shape index (κ1) is 41.5. The lowest BCUT2D eigenvalue weighted by atomic mass is 9.84. The van der Waals surface area contributed by atoms with Crippen LogP contribution in [0.3, 0.4) is 0 Å². The van der Waals surface area contributed by atoms with Gasteiger partial charge < -0.3 is 19.4 Å². The Morgan fingerprint density at radius 3 is 2.62 bits per heavy atom. The van der Waals surface area contributed by atoms with Gasteiger partial charge in [0, 0.05) is 72.2 Å². The van der Waals surface area contributed by atoms with Crippen LogP contribution in [0.2, 0.25) is 0 Å². The van der Waals surface area contributed by atoms with E-state index in [1.165, 1.54) is 11.3 Å². The first-order valence-electron chi connectivity index (χ1n) is 20.1. The van der Waals surface area contributed by atoms with Crippen molar-refractivity contribution in [1.29, 1.82) is 0 Å². The lowest BCUT2D eigenvalue weighted by Crippen LogP contribution is -2.58. The van der Waals surface area contributed by atoms with Crippen LogP contribution in [0.5, 0.6) is 0 Å². The third-order valence-electron chi connectivity index (χ3n) is 11.4. The van der Waals surface area contributed by atoms with Gasteiger partial charge in [0.2, 0.25) is 5.91 Å². The standard InChI is InChI=1S/C43H59N7O5S/c1-8-49-36-18-17-30(22-32(36)33(24-43(3,4)26-55-27-51)40(49)31-16-13-19-44-38(31)28(2)54-7)35-25-56-37(46-35)23-34(42(53)50-21-12-11-20-45-50)47-41(52)39(48(5)6)29-14-9-10-15-29/h13,16-19,22,25,27-29,34,39,45H,8-12,14-15,20-21,23-24,26H2,1-7H3,(H,47,52). The Kier molecular flexibility index (Phi) is 13.6. The average Bonchev–Trinajstić information content (AvgIpc) is 3.96. The zero-order chi connectivity index (χ0) is 40.0. The molecule has 13 heteroatoms. The number of aryl methyl sites for hydroxylation is 1. The third-order valence-corrected chi connectivity index (χ3v) is 12.3. The molecule has 1 aliphatic heterocycles. The van der Waals surface area contributed by atoms with Crippen LogP contribution in [0.4, 0.5) is 0 Å². The van der Waals surface area contributed by atoms with Gasteiger partial charge in [-0.05, 0) is 95.8 Å². The molecule has 1 saturated heterocycles. The van der Waals surface area contributed by atoms with Gasteiger partial charge in [-0.15, -0.1) is 11.3 Å². The van der Waals surface area contributed by atoms with Crippen LogP contribution < -0.4 is 10.7 Å². The molecule has 1 aromatic carbocycles. The molecule has 2 aliphatic rings. The normalized spacial score (nSPS) is 17.0. The van der Waals surface area contributed by atoms with E-state index in [-0.39, 0.29) is 41.9 Å². The Morgan fingerprint density at radius 2 is 1.95 bits per heavy atom. The number of pyridine rings is 1. The van der Waals surface area contributed by atoms with E-state index in [2.05, 4.69) is 60.3 Å². The second kappa shape index (κ2) is 18.4. The average molecular weight is 786 g/mol. The maximum absolute atomic E-state index is 14.0. The number of thiazole rings is 1. The third kappa shape index (κ3) is 9.17. The lowest BCUT2D eigenvalue weighted by molar-refractivity contribution is -0.141. The number of aromatic nitrogens is 3. The molecule has 302 valence electrons. The highest BCUT2D eigenvalue weighted by Gasteiger charge is 2.36. The quantitative estimate of drug-likeness (QED) is 0.114. The molecule has 3 aromatic heterocycles. The number of amides is 2. The number of hydrazine groups is 1. The topological polar surface area (TPSA) is 131 Å². The molecule has 0 bridgehead atoms. The predicted molar refractivity (Wildman–Crippen MR) is 221 cm³/mol. The second-order valence-electron chi connectivity index (χ2n) is 16.3. The van der Waals surface area contributed by atoms with Crippen LogP contribution in [-0.2, 0) is 43.2 Å². The summed E-state index contributed by atoms with van der Waals surface area (Å²) in [7, 11) is 5.60. The summed E-state index contributed by atoms with van der Waals surface area (Å²) in [6, 6.07) is 9.50. The van der Waals surface area contributed by atoms with E-state index < -0.39 is 6.04 Å². The van der Waals surface area contributed by atoms with E-state index in [9.17, 15) is 14.4 Å². The first-order valence-corrected chi connectivity index (χ1v) is 21.0. The second-order valence-corrected chi connectivity index (χ2v) is 17.3. The summed E-state index contributed by atoms with van der Waals surface area (Å²) in [6.45, 7) is 11.2. The summed E-state index contributed by atoms with van der Waals surface area (Å²) in [5.74, 6) is 0.0535. The Hall–Kier alpha value is -4.17. The minimum Gasteiger partial charge on any atom is -0.467 e. The Morgan fingerprint density at radius 1 is 1.16 bits per heavy atom. The summed E-state index contributed by atoms with van der Waals surface area (Å²) >= 11 is 1.51. The highest BCUT2D eigenvalue weighted by Crippen LogP contribution is 2.42. The number of hydrogen-bond acceptors (Lipinski definition) is 10. The molecule has 1 saturated carbocycles. The number of carbonyl (C=O) groups excluding carboxylic acids is 3. The van der Waals surface area contributed by atoms with Gasteiger partial charge in [-0.1, -0.05) is 32.8 Å². The molecule has 3 atom stereocenters. The van der Waals surface area contributed by atoms with Gasteiger partial charge in [0.25, 0.3) is 12.4 Å². The van der Waals surface area contributed by atoms with Crippen molar-refractivity contribution in [1.82, 2.24) is 35.2 Å². The maximum atomic E-state index is 14.0. The van der Waals surface area contributed by atoms with E-state index >= 15 is 0 Å². The van der Waals surface area contributed by atoms with E-state index in [0.717, 1.165) is 101 Å². The fourth-order valence-corrected chi connectivity index (χ4v) is 9.47. The fourth-order valence-electron chi connectivity index (χ4n) is 8.62. The van der Waals surface area contributed by atoms with E-state index in [0.29, 0.717) is 25.9 Å². The molecule has 2 N–H and O–H groups in total. The predicted octanol–water partition coefficient (Wildman–Crippen LogP) is 6.57. The number of methoxy groups -OCH3 is 1. The number of hydrogen-bond donors (Lipinski definition) is 2. The van der Waals surface area contributed by atoms with E-state index in [1.807, 2.05) is 37.4 Å².